The molecule has 2 aromatic carbocycles. The molecule has 3 aromatic rings. The lowest BCUT2D eigenvalue weighted by Crippen LogP contribution is -1.83. The average molecular weight is 344 g/mol. The Morgan fingerprint density at radius 2 is 1.89 bits per heavy atom. The third-order valence-corrected chi connectivity index (χ3v) is 3.63. The van der Waals surface area contributed by atoms with E-state index in [1.807, 2.05) is 0 Å². The molecule has 0 spiro atoms. The molecule has 3 rings (SSSR count). The van der Waals surface area contributed by atoms with Gasteiger partial charge < -0.3 is 4.98 Å². The number of aromatic nitrogens is 2. The van der Waals surface area contributed by atoms with Crippen LogP contribution in [0.4, 0.5) is 8.78 Å². The van der Waals surface area contributed by atoms with E-state index in [2.05, 4.69) is 25.9 Å². The summed E-state index contributed by atoms with van der Waals surface area (Å²) >= 11 is 8.72. The second-order valence-electron chi connectivity index (χ2n) is 4.00. The molecule has 0 saturated carbocycles. The highest BCUT2D eigenvalue weighted by atomic mass is 79.9. The number of rotatable bonds is 1. The molecule has 0 aliphatic heterocycles. The number of nitrogens with zero attached hydrogens (tertiary/aromatic N) is 1. The molecule has 0 radical (unpaired) electrons. The molecule has 1 aromatic heterocycles. The molecule has 1 N–H and O–H groups in total. The molecule has 19 heavy (non-hydrogen) atoms. The van der Waals surface area contributed by atoms with Gasteiger partial charge in [0.1, 0.15) is 17.5 Å². The van der Waals surface area contributed by atoms with Crippen molar-refractivity contribution in [1.29, 1.82) is 0 Å². The Morgan fingerprint density at radius 1 is 1.11 bits per heavy atom. The van der Waals surface area contributed by atoms with Crippen LogP contribution in [0.1, 0.15) is 0 Å². The quantitative estimate of drug-likeness (QED) is 0.667. The van der Waals surface area contributed by atoms with Crippen LogP contribution in [0.15, 0.2) is 34.8 Å². The van der Waals surface area contributed by atoms with Gasteiger partial charge in [0, 0.05) is 11.6 Å². The Balaban J connectivity index is 2.17. The third kappa shape index (κ3) is 2.24. The van der Waals surface area contributed by atoms with Gasteiger partial charge in [-0.3, -0.25) is 0 Å². The maximum absolute atomic E-state index is 13.4. The van der Waals surface area contributed by atoms with Gasteiger partial charge in [0.25, 0.3) is 0 Å². The van der Waals surface area contributed by atoms with Crippen LogP contribution in [-0.2, 0) is 0 Å². The molecule has 6 heteroatoms. The number of nitrogens with one attached hydrogen (secondary N) is 1. The molecule has 0 amide bonds. The summed E-state index contributed by atoms with van der Waals surface area (Å²) in [6.07, 6.45) is 0. The number of aromatic amines is 1. The highest BCUT2D eigenvalue weighted by Gasteiger charge is 2.10. The molecule has 0 atom stereocenters. The molecule has 0 aliphatic carbocycles. The third-order valence-electron chi connectivity index (χ3n) is 2.72. The van der Waals surface area contributed by atoms with Crippen molar-refractivity contribution in [3.63, 3.8) is 0 Å². The number of halogens is 4. The van der Waals surface area contributed by atoms with Gasteiger partial charge in [0.15, 0.2) is 0 Å². The van der Waals surface area contributed by atoms with Gasteiger partial charge in [-0.15, -0.1) is 0 Å². The summed E-state index contributed by atoms with van der Waals surface area (Å²) in [6.45, 7) is 0. The summed E-state index contributed by atoms with van der Waals surface area (Å²) in [6, 6.07) is 7.29. The maximum Gasteiger partial charge on any atom is 0.142 e. The van der Waals surface area contributed by atoms with E-state index in [0.29, 0.717) is 26.9 Å². The monoisotopic (exact) mass is 342 g/mol. The van der Waals surface area contributed by atoms with Crippen molar-refractivity contribution in [2.24, 2.45) is 0 Å². The molecule has 0 unspecified atom stereocenters. The number of H-pyrrole nitrogens is 1. The van der Waals surface area contributed by atoms with Gasteiger partial charge in [-0.1, -0.05) is 11.6 Å². The van der Waals surface area contributed by atoms with Gasteiger partial charge in [-0.25, -0.2) is 13.8 Å². The standard InChI is InChI=1S/C13H6BrClF2N2/c14-7-4-11-12(5-9(7)16)19-13(18-11)6-1-2-8(15)10(17)3-6/h1-5H,(H,18,19). The minimum Gasteiger partial charge on any atom is -0.338 e. The van der Waals surface area contributed by atoms with Crippen molar-refractivity contribution in [2.45, 2.75) is 0 Å². The zero-order valence-electron chi connectivity index (χ0n) is 9.35. The van der Waals surface area contributed by atoms with Crippen molar-refractivity contribution in [3.8, 4) is 11.4 Å². The van der Waals surface area contributed by atoms with Crippen LogP contribution < -0.4 is 0 Å². The fourth-order valence-corrected chi connectivity index (χ4v) is 2.23. The lowest BCUT2D eigenvalue weighted by molar-refractivity contribution is 0.623. The van der Waals surface area contributed by atoms with E-state index < -0.39 is 5.82 Å². The number of hydrogen-bond acceptors (Lipinski definition) is 1. The van der Waals surface area contributed by atoms with Crippen LogP contribution in [-0.4, -0.2) is 9.97 Å². The zero-order valence-corrected chi connectivity index (χ0v) is 11.7. The largest absolute Gasteiger partial charge is 0.338 e. The van der Waals surface area contributed by atoms with Crippen molar-refractivity contribution in [2.75, 3.05) is 0 Å². The maximum atomic E-state index is 13.4. The average Bonchev–Trinajstić information content (AvgIpc) is 2.76. The summed E-state index contributed by atoms with van der Waals surface area (Å²) in [5.41, 5.74) is 1.69. The lowest BCUT2D eigenvalue weighted by atomic mass is 10.2. The lowest BCUT2D eigenvalue weighted by Gasteiger charge is -1.98. The number of fused-ring (bicyclic) bond motifs is 1. The predicted octanol–water partition coefficient (Wildman–Crippen LogP) is 4.92. The first-order valence-electron chi connectivity index (χ1n) is 5.35. The minimum atomic E-state index is -0.521. The van der Waals surface area contributed by atoms with Crippen molar-refractivity contribution in [1.82, 2.24) is 9.97 Å². The second kappa shape index (κ2) is 4.58. The fourth-order valence-electron chi connectivity index (χ4n) is 1.79. The Labute approximate surface area is 120 Å². The fraction of sp³-hybridized carbons (Fsp3) is 0. The van der Waals surface area contributed by atoms with Crippen LogP contribution in [0, 0.1) is 11.6 Å². The second-order valence-corrected chi connectivity index (χ2v) is 5.26. The van der Waals surface area contributed by atoms with Crippen molar-refractivity contribution >= 4 is 38.6 Å². The molecular formula is C13H6BrClF2N2. The Kier molecular flexibility index (Phi) is 3.03. The van der Waals surface area contributed by atoms with Crippen molar-refractivity contribution < 1.29 is 8.78 Å². The normalized spacial score (nSPS) is 11.2. The first-order chi connectivity index (χ1) is 9.04. The first-order valence-corrected chi connectivity index (χ1v) is 6.52. The summed E-state index contributed by atoms with van der Waals surface area (Å²) in [4.78, 5) is 7.24. The molecule has 0 fully saturated rings. The van der Waals surface area contributed by atoms with Crippen LogP contribution in [0.5, 0.6) is 0 Å². The van der Waals surface area contributed by atoms with E-state index in [1.165, 1.54) is 18.2 Å². The van der Waals surface area contributed by atoms with E-state index in [4.69, 9.17) is 11.6 Å². The van der Waals surface area contributed by atoms with Crippen LogP contribution in [0.3, 0.4) is 0 Å². The SMILES string of the molecule is Fc1cc(-c2nc3cc(Br)c(F)cc3[nH]2)ccc1Cl. The van der Waals surface area contributed by atoms with Crippen LogP contribution in [0.25, 0.3) is 22.4 Å². The Hall–Kier alpha value is -1.46. The zero-order chi connectivity index (χ0) is 13.6. The number of hydrogen-bond donors (Lipinski definition) is 1. The van der Waals surface area contributed by atoms with E-state index in [-0.39, 0.29) is 10.8 Å². The molecule has 0 aliphatic rings. The first kappa shape index (κ1) is 12.6. The molecule has 1 heterocycles. The van der Waals surface area contributed by atoms with Gasteiger partial charge in [0.2, 0.25) is 0 Å². The van der Waals surface area contributed by atoms with E-state index in [0.717, 1.165) is 0 Å². The van der Waals surface area contributed by atoms with Gasteiger partial charge in [0.05, 0.1) is 20.5 Å². The summed E-state index contributed by atoms with van der Waals surface area (Å²) in [5, 5.41) is 0.0497. The van der Waals surface area contributed by atoms with Gasteiger partial charge in [-0.2, -0.15) is 0 Å². The number of imidazole rings is 1. The highest BCUT2D eigenvalue weighted by molar-refractivity contribution is 9.10. The van der Waals surface area contributed by atoms with Crippen LogP contribution >= 0.6 is 27.5 Å². The molecular weight excluding hydrogens is 338 g/mol. The van der Waals surface area contributed by atoms with Crippen LogP contribution in [0.2, 0.25) is 5.02 Å². The number of benzene rings is 2. The predicted molar refractivity (Wildman–Crippen MR) is 74.2 cm³/mol. The van der Waals surface area contributed by atoms with E-state index >= 15 is 0 Å². The van der Waals surface area contributed by atoms with Gasteiger partial charge >= 0.3 is 0 Å². The van der Waals surface area contributed by atoms with E-state index in [1.54, 1.807) is 12.1 Å². The van der Waals surface area contributed by atoms with E-state index in [9.17, 15) is 8.78 Å². The molecule has 0 bridgehead atoms. The highest BCUT2D eigenvalue weighted by Crippen LogP contribution is 2.27. The van der Waals surface area contributed by atoms with Crippen molar-refractivity contribution in [3.05, 3.63) is 51.5 Å². The summed E-state index contributed by atoms with van der Waals surface area (Å²) < 4.78 is 27.1. The molecule has 2 nitrogen and oxygen atoms in total. The van der Waals surface area contributed by atoms with Gasteiger partial charge in [-0.05, 0) is 40.2 Å². The minimum absolute atomic E-state index is 0.0497. The smallest absolute Gasteiger partial charge is 0.142 e. The molecule has 96 valence electrons. The topological polar surface area (TPSA) is 28.7 Å². The Bertz CT molecular complexity index is 747. The Morgan fingerprint density at radius 3 is 2.63 bits per heavy atom. The summed E-state index contributed by atoms with van der Waals surface area (Å²) in [7, 11) is 0. The molecule has 0 saturated heterocycles. The summed E-state index contributed by atoms with van der Waals surface area (Å²) in [5.74, 6) is -0.444.